The van der Waals surface area contributed by atoms with Gasteiger partial charge in [0.1, 0.15) is 5.82 Å². The Hall–Kier alpha value is -1.03. The molecule has 1 aromatic carbocycles. The van der Waals surface area contributed by atoms with Gasteiger partial charge in [-0.2, -0.15) is 0 Å². The first-order valence-electron chi connectivity index (χ1n) is 5.76. The molecular weight excluding hydrogens is 227 g/mol. The summed E-state index contributed by atoms with van der Waals surface area (Å²) in [7, 11) is 0. The van der Waals surface area contributed by atoms with Gasteiger partial charge in [-0.15, -0.1) is 0 Å². The summed E-state index contributed by atoms with van der Waals surface area (Å²) in [6.07, 6.45) is -0.283. The van der Waals surface area contributed by atoms with Gasteiger partial charge in [-0.05, 0) is 25.8 Å². The molecule has 2 N–H and O–H groups in total. The standard InChI is InChI=1S/C13H16F3N/c1-9-2-3-11(14)10(8-9)12(17)4-6-13(15,16)7-5-12/h2-3,8H,4-7,17H2,1H3. The third-order valence-corrected chi connectivity index (χ3v) is 3.53. The lowest BCUT2D eigenvalue weighted by atomic mass is 9.75. The van der Waals surface area contributed by atoms with Crippen LogP contribution in [0.4, 0.5) is 13.2 Å². The van der Waals surface area contributed by atoms with E-state index in [4.69, 9.17) is 5.73 Å². The van der Waals surface area contributed by atoms with Gasteiger partial charge in [-0.1, -0.05) is 17.7 Å². The first kappa shape index (κ1) is 12.4. The number of nitrogens with two attached hydrogens (primary N) is 1. The minimum atomic E-state index is -2.65. The molecule has 1 nitrogen and oxygen atoms in total. The maximum Gasteiger partial charge on any atom is 0.248 e. The zero-order valence-electron chi connectivity index (χ0n) is 9.77. The summed E-state index contributed by atoms with van der Waals surface area (Å²) in [5, 5.41) is 0. The van der Waals surface area contributed by atoms with E-state index in [-0.39, 0.29) is 25.7 Å². The molecular formula is C13H16F3N. The number of rotatable bonds is 1. The van der Waals surface area contributed by atoms with Crippen molar-refractivity contribution in [2.45, 2.75) is 44.1 Å². The molecule has 1 aliphatic rings. The third-order valence-electron chi connectivity index (χ3n) is 3.53. The number of hydrogen-bond donors (Lipinski definition) is 1. The summed E-state index contributed by atoms with van der Waals surface area (Å²) in [5.41, 5.74) is 6.41. The Morgan fingerprint density at radius 1 is 1.12 bits per heavy atom. The molecule has 0 saturated heterocycles. The van der Waals surface area contributed by atoms with Gasteiger partial charge in [-0.25, -0.2) is 13.2 Å². The molecule has 1 aromatic rings. The maximum atomic E-state index is 13.7. The van der Waals surface area contributed by atoms with E-state index in [0.29, 0.717) is 5.56 Å². The van der Waals surface area contributed by atoms with Crippen molar-refractivity contribution < 1.29 is 13.2 Å². The zero-order valence-corrected chi connectivity index (χ0v) is 9.77. The van der Waals surface area contributed by atoms with Crippen LogP contribution >= 0.6 is 0 Å². The Balaban J connectivity index is 2.30. The monoisotopic (exact) mass is 243 g/mol. The first-order valence-corrected chi connectivity index (χ1v) is 5.76. The normalized spacial score (nSPS) is 22.4. The number of benzene rings is 1. The van der Waals surface area contributed by atoms with E-state index in [9.17, 15) is 13.2 Å². The molecule has 1 fully saturated rings. The number of alkyl halides is 2. The van der Waals surface area contributed by atoms with Crippen molar-refractivity contribution in [3.05, 3.63) is 35.1 Å². The quantitative estimate of drug-likeness (QED) is 0.802. The van der Waals surface area contributed by atoms with Crippen LogP contribution in [0.2, 0.25) is 0 Å². The third kappa shape index (κ3) is 2.46. The van der Waals surface area contributed by atoms with Crippen molar-refractivity contribution in [1.29, 1.82) is 0 Å². The van der Waals surface area contributed by atoms with Crippen LogP contribution < -0.4 is 5.73 Å². The van der Waals surface area contributed by atoms with Gasteiger partial charge in [0.2, 0.25) is 5.92 Å². The summed E-state index contributed by atoms with van der Waals surface area (Å²) in [6, 6.07) is 4.67. The SMILES string of the molecule is Cc1ccc(F)c(C2(N)CCC(F)(F)CC2)c1. The minimum absolute atomic E-state index is 0.125. The van der Waals surface area contributed by atoms with Crippen LogP contribution in [-0.2, 0) is 5.54 Å². The molecule has 0 heterocycles. The van der Waals surface area contributed by atoms with Gasteiger partial charge in [0.25, 0.3) is 0 Å². The number of aryl methyl sites for hydroxylation is 1. The fourth-order valence-electron chi connectivity index (χ4n) is 2.35. The van der Waals surface area contributed by atoms with Crippen LogP contribution in [0.5, 0.6) is 0 Å². The van der Waals surface area contributed by atoms with Gasteiger partial charge >= 0.3 is 0 Å². The maximum absolute atomic E-state index is 13.7. The second-order valence-corrected chi connectivity index (χ2v) is 5.00. The average molecular weight is 243 g/mol. The van der Waals surface area contributed by atoms with Gasteiger partial charge in [0.15, 0.2) is 0 Å². The topological polar surface area (TPSA) is 26.0 Å². The number of halogens is 3. The van der Waals surface area contributed by atoms with E-state index < -0.39 is 17.3 Å². The van der Waals surface area contributed by atoms with Crippen molar-refractivity contribution in [3.63, 3.8) is 0 Å². The van der Waals surface area contributed by atoms with Crippen molar-refractivity contribution >= 4 is 0 Å². The molecule has 4 heteroatoms. The first-order chi connectivity index (χ1) is 7.82. The van der Waals surface area contributed by atoms with Crippen LogP contribution in [-0.4, -0.2) is 5.92 Å². The molecule has 17 heavy (non-hydrogen) atoms. The molecule has 1 saturated carbocycles. The highest BCUT2D eigenvalue weighted by Crippen LogP contribution is 2.42. The van der Waals surface area contributed by atoms with Gasteiger partial charge in [0, 0.05) is 23.9 Å². The van der Waals surface area contributed by atoms with E-state index >= 15 is 0 Å². The summed E-state index contributed by atoms with van der Waals surface area (Å²) >= 11 is 0. The highest BCUT2D eigenvalue weighted by molar-refractivity contribution is 5.31. The summed E-state index contributed by atoms with van der Waals surface area (Å²) in [4.78, 5) is 0. The molecule has 0 radical (unpaired) electrons. The van der Waals surface area contributed by atoms with Crippen LogP contribution in [0.25, 0.3) is 0 Å². The molecule has 0 spiro atoms. The van der Waals surface area contributed by atoms with E-state index in [1.807, 2.05) is 6.92 Å². The van der Waals surface area contributed by atoms with Crippen LogP contribution in [0, 0.1) is 12.7 Å². The fourth-order valence-corrected chi connectivity index (χ4v) is 2.35. The average Bonchev–Trinajstić information content (AvgIpc) is 2.26. The number of hydrogen-bond acceptors (Lipinski definition) is 1. The molecule has 1 aliphatic carbocycles. The molecule has 0 amide bonds. The molecule has 0 unspecified atom stereocenters. The molecule has 0 bridgehead atoms. The molecule has 94 valence electrons. The Kier molecular flexibility index (Phi) is 2.94. The van der Waals surface area contributed by atoms with E-state index in [1.54, 1.807) is 12.1 Å². The van der Waals surface area contributed by atoms with E-state index in [0.717, 1.165) is 5.56 Å². The Labute approximate surface area is 98.8 Å². The fraction of sp³-hybridized carbons (Fsp3) is 0.538. The van der Waals surface area contributed by atoms with Crippen LogP contribution in [0.1, 0.15) is 36.8 Å². The van der Waals surface area contributed by atoms with Crippen LogP contribution in [0.3, 0.4) is 0 Å². The molecule has 0 atom stereocenters. The summed E-state index contributed by atoms with van der Waals surface area (Å²) < 4.78 is 39.9. The predicted molar refractivity (Wildman–Crippen MR) is 60.4 cm³/mol. The van der Waals surface area contributed by atoms with E-state index in [1.165, 1.54) is 6.07 Å². The Bertz CT molecular complexity index is 419. The Morgan fingerprint density at radius 3 is 2.29 bits per heavy atom. The van der Waals surface area contributed by atoms with E-state index in [2.05, 4.69) is 0 Å². The largest absolute Gasteiger partial charge is 0.321 e. The summed E-state index contributed by atoms with van der Waals surface area (Å²) in [5.74, 6) is -3.05. The van der Waals surface area contributed by atoms with Gasteiger partial charge < -0.3 is 5.73 Å². The van der Waals surface area contributed by atoms with Crippen molar-refractivity contribution in [2.24, 2.45) is 5.73 Å². The second kappa shape index (κ2) is 4.02. The van der Waals surface area contributed by atoms with Crippen molar-refractivity contribution in [1.82, 2.24) is 0 Å². The van der Waals surface area contributed by atoms with Gasteiger partial charge in [-0.3, -0.25) is 0 Å². The highest BCUT2D eigenvalue weighted by atomic mass is 19.3. The van der Waals surface area contributed by atoms with Crippen molar-refractivity contribution in [3.8, 4) is 0 Å². The molecule has 0 aliphatic heterocycles. The Morgan fingerprint density at radius 2 is 1.71 bits per heavy atom. The zero-order chi connectivity index (χ0) is 12.7. The smallest absolute Gasteiger partial charge is 0.248 e. The van der Waals surface area contributed by atoms with Gasteiger partial charge in [0.05, 0.1) is 0 Å². The van der Waals surface area contributed by atoms with Crippen molar-refractivity contribution in [2.75, 3.05) is 0 Å². The lowest BCUT2D eigenvalue weighted by Gasteiger charge is -2.37. The minimum Gasteiger partial charge on any atom is -0.321 e. The molecule has 2 rings (SSSR count). The summed E-state index contributed by atoms with van der Waals surface area (Å²) in [6.45, 7) is 1.84. The predicted octanol–water partition coefficient (Wildman–Crippen LogP) is 3.50. The lowest BCUT2D eigenvalue weighted by molar-refractivity contribution is -0.0518. The highest BCUT2D eigenvalue weighted by Gasteiger charge is 2.43. The lowest BCUT2D eigenvalue weighted by Crippen LogP contribution is -2.44. The second-order valence-electron chi connectivity index (χ2n) is 5.00. The van der Waals surface area contributed by atoms with Crippen LogP contribution in [0.15, 0.2) is 18.2 Å². The molecule has 0 aromatic heterocycles.